The maximum atomic E-state index is 13.6. The molecule has 1 aromatic carbocycles. The van der Waals surface area contributed by atoms with E-state index in [1.54, 1.807) is 13.8 Å². The summed E-state index contributed by atoms with van der Waals surface area (Å²) in [6.07, 6.45) is -0.356. The van der Waals surface area contributed by atoms with Crippen LogP contribution < -0.4 is 21.9 Å². The Kier molecular flexibility index (Phi) is 4.62. The van der Waals surface area contributed by atoms with Crippen molar-refractivity contribution in [3.63, 3.8) is 0 Å². The highest BCUT2D eigenvalue weighted by Gasteiger charge is 2.14. The summed E-state index contributed by atoms with van der Waals surface area (Å²) in [6.45, 7) is 3.31. The molecular formula is C11H15F2N5O. The van der Waals surface area contributed by atoms with E-state index in [2.05, 4.69) is 9.98 Å². The van der Waals surface area contributed by atoms with Crippen molar-refractivity contribution in [3.8, 4) is 5.75 Å². The Morgan fingerprint density at radius 2 is 1.68 bits per heavy atom. The Balaban J connectivity index is 3.11. The van der Waals surface area contributed by atoms with E-state index in [4.69, 9.17) is 21.9 Å². The third-order valence-corrected chi connectivity index (χ3v) is 1.82. The fourth-order valence-electron chi connectivity index (χ4n) is 1.25. The van der Waals surface area contributed by atoms with Gasteiger partial charge in [0.2, 0.25) is 5.96 Å². The van der Waals surface area contributed by atoms with Crippen LogP contribution in [0.25, 0.3) is 0 Å². The van der Waals surface area contributed by atoms with Gasteiger partial charge in [0, 0.05) is 12.1 Å². The normalized spacial score (nSPS) is 11.5. The van der Waals surface area contributed by atoms with Gasteiger partial charge in [-0.15, -0.1) is 0 Å². The van der Waals surface area contributed by atoms with Crippen LogP contribution in [0.2, 0.25) is 0 Å². The smallest absolute Gasteiger partial charge is 0.223 e. The molecular weight excluding hydrogens is 256 g/mol. The number of guanidine groups is 2. The fraction of sp³-hybridized carbons (Fsp3) is 0.273. The molecule has 0 atom stereocenters. The zero-order chi connectivity index (χ0) is 14.6. The summed E-state index contributed by atoms with van der Waals surface area (Å²) in [5, 5.41) is 0. The van der Waals surface area contributed by atoms with Crippen molar-refractivity contribution in [3.05, 3.63) is 23.8 Å². The van der Waals surface area contributed by atoms with Crippen LogP contribution in [0.3, 0.4) is 0 Å². The van der Waals surface area contributed by atoms with E-state index in [-0.39, 0.29) is 23.7 Å². The lowest BCUT2D eigenvalue weighted by molar-refractivity contribution is 0.219. The molecule has 0 bridgehead atoms. The molecule has 0 unspecified atom stereocenters. The summed E-state index contributed by atoms with van der Waals surface area (Å²) in [5.41, 5.74) is 15.5. The van der Waals surface area contributed by atoms with Gasteiger partial charge in [-0.25, -0.2) is 13.8 Å². The van der Waals surface area contributed by atoms with Crippen LogP contribution in [0.15, 0.2) is 22.1 Å². The second kappa shape index (κ2) is 5.98. The number of benzene rings is 1. The Bertz CT molecular complexity index is 501. The lowest BCUT2D eigenvalue weighted by atomic mass is 10.2. The number of nitrogens with zero attached hydrogens (tertiary/aromatic N) is 2. The first-order valence-electron chi connectivity index (χ1n) is 5.39. The molecule has 0 spiro atoms. The largest absolute Gasteiger partial charge is 0.485 e. The molecule has 1 rings (SSSR count). The first-order valence-corrected chi connectivity index (χ1v) is 5.39. The molecule has 0 aromatic heterocycles. The number of ether oxygens (including phenoxy) is 1. The van der Waals surface area contributed by atoms with Crippen molar-refractivity contribution in [2.45, 2.75) is 20.0 Å². The van der Waals surface area contributed by atoms with Crippen LogP contribution in [0, 0.1) is 11.6 Å². The SMILES string of the molecule is CC(C)Oc1c(F)cc(N=C(N)N=C(N)N)cc1F. The van der Waals surface area contributed by atoms with Gasteiger partial charge in [0.1, 0.15) is 0 Å². The highest BCUT2D eigenvalue weighted by Crippen LogP contribution is 2.28. The molecule has 19 heavy (non-hydrogen) atoms. The van der Waals surface area contributed by atoms with Crippen LogP contribution >= 0.6 is 0 Å². The first kappa shape index (κ1) is 14.7. The van der Waals surface area contributed by atoms with E-state index in [1.807, 2.05) is 0 Å². The summed E-state index contributed by atoms with van der Waals surface area (Å²) < 4.78 is 32.3. The standard InChI is InChI=1S/C11H15F2N5O/c1-5(2)19-9-7(12)3-6(4-8(9)13)17-11(16)18-10(14)15/h3-5H,1-2H3,(H6,14,15,16,17,18). The van der Waals surface area contributed by atoms with Crippen LogP contribution in [0.5, 0.6) is 5.75 Å². The molecule has 0 saturated carbocycles. The minimum atomic E-state index is -0.884. The molecule has 0 aliphatic carbocycles. The van der Waals surface area contributed by atoms with Gasteiger partial charge in [-0.05, 0) is 13.8 Å². The van der Waals surface area contributed by atoms with Crippen LogP contribution in [0.1, 0.15) is 13.8 Å². The van der Waals surface area contributed by atoms with E-state index in [9.17, 15) is 8.78 Å². The molecule has 0 fully saturated rings. The first-order chi connectivity index (χ1) is 8.79. The van der Waals surface area contributed by atoms with Crippen LogP contribution in [-0.4, -0.2) is 18.0 Å². The van der Waals surface area contributed by atoms with Gasteiger partial charge in [-0.3, -0.25) is 0 Å². The van der Waals surface area contributed by atoms with Crippen LogP contribution in [-0.2, 0) is 0 Å². The van der Waals surface area contributed by atoms with E-state index in [0.29, 0.717) is 0 Å². The van der Waals surface area contributed by atoms with Crippen molar-refractivity contribution in [2.24, 2.45) is 27.2 Å². The maximum absolute atomic E-state index is 13.6. The van der Waals surface area contributed by atoms with E-state index in [0.717, 1.165) is 12.1 Å². The summed E-state index contributed by atoms with van der Waals surface area (Å²) in [7, 11) is 0. The average molecular weight is 271 g/mol. The molecule has 0 radical (unpaired) electrons. The molecule has 6 N–H and O–H groups in total. The Morgan fingerprint density at radius 3 is 2.11 bits per heavy atom. The molecule has 8 heteroatoms. The highest BCUT2D eigenvalue weighted by atomic mass is 19.1. The van der Waals surface area contributed by atoms with Crippen molar-refractivity contribution >= 4 is 17.6 Å². The van der Waals surface area contributed by atoms with E-state index < -0.39 is 17.4 Å². The van der Waals surface area contributed by atoms with Gasteiger partial charge in [-0.1, -0.05) is 0 Å². The van der Waals surface area contributed by atoms with Crippen molar-refractivity contribution in [1.82, 2.24) is 0 Å². The molecule has 0 aliphatic heterocycles. The predicted molar refractivity (Wildman–Crippen MR) is 69.2 cm³/mol. The number of nitrogens with two attached hydrogens (primary N) is 3. The molecule has 1 aromatic rings. The van der Waals surface area contributed by atoms with Gasteiger partial charge in [-0.2, -0.15) is 4.99 Å². The van der Waals surface area contributed by atoms with Crippen molar-refractivity contribution < 1.29 is 13.5 Å². The Labute approximate surface area is 109 Å². The Hall–Kier alpha value is -2.38. The number of hydrogen-bond acceptors (Lipinski definition) is 2. The van der Waals surface area contributed by atoms with Gasteiger partial charge in [0.15, 0.2) is 23.3 Å². The van der Waals surface area contributed by atoms with Gasteiger partial charge in [0.05, 0.1) is 11.8 Å². The minimum Gasteiger partial charge on any atom is -0.485 e. The average Bonchev–Trinajstić information content (AvgIpc) is 2.21. The molecule has 6 nitrogen and oxygen atoms in total. The second-order valence-corrected chi connectivity index (χ2v) is 3.91. The number of aliphatic imine (C=N–C) groups is 2. The fourth-order valence-corrected chi connectivity index (χ4v) is 1.25. The third-order valence-electron chi connectivity index (χ3n) is 1.82. The predicted octanol–water partition coefficient (Wildman–Crippen LogP) is 0.972. The summed E-state index contributed by atoms with van der Waals surface area (Å²) in [4.78, 5) is 7.08. The summed E-state index contributed by atoms with van der Waals surface area (Å²) in [5.74, 6) is -2.84. The lowest BCUT2D eigenvalue weighted by Crippen LogP contribution is -2.26. The zero-order valence-corrected chi connectivity index (χ0v) is 10.5. The van der Waals surface area contributed by atoms with Gasteiger partial charge >= 0.3 is 0 Å². The molecule has 104 valence electrons. The topological polar surface area (TPSA) is 112 Å². The molecule has 0 saturated heterocycles. The van der Waals surface area contributed by atoms with Crippen LogP contribution in [0.4, 0.5) is 14.5 Å². The number of halogens is 2. The molecule has 0 amide bonds. The lowest BCUT2D eigenvalue weighted by Gasteiger charge is -2.11. The molecule has 0 heterocycles. The minimum absolute atomic E-state index is 0.0615. The third kappa shape index (κ3) is 4.41. The van der Waals surface area contributed by atoms with E-state index in [1.165, 1.54) is 0 Å². The van der Waals surface area contributed by atoms with Gasteiger partial charge < -0.3 is 21.9 Å². The zero-order valence-electron chi connectivity index (χ0n) is 10.5. The van der Waals surface area contributed by atoms with E-state index >= 15 is 0 Å². The van der Waals surface area contributed by atoms with Gasteiger partial charge in [0.25, 0.3) is 0 Å². The summed E-state index contributed by atoms with van der Waals surface area (Å²) >= 11 is 0. The van der Waals surface area contributed by atoms with Crippen molar-refractivity contribution in [2.75, 3.05) is 0 Å². The Morgan fingerprint density at radius 1 is 1.16 bits per heavy atom. The monoisotopic (exact) mass is 271 g/mol. The van der Waals surface area contributed by atoms with Crippen molar-refractivity contribution in [1.29, 1.82) is 0 Å². The second-order valence-electron chi connectivity index (χ2n) is 3.91. The summed E-state index contributed by atoms with van der Waals surface area (Å²) in [6, 6.07) is 1.94. The quantitative estimate of drug-likeness (QED) is 0.561. The highest BCUT2D eigenvalue weighted by molar-refractivity contribution is 5.93. The number of hydrogen-bond donors (Lipinski definition) is 3. The molecule has 0 aliphatic rings. The number of rotatable bonds is 3. The maximum Gasteiger partial charge on any atom is 0.223 e.